The molecule has 0 radical (unpaired) electrons. The summed E-state index contributed by atoms with van der Waals surface area (Å²) in [4.78, 5) is 13.7. The van der Waals surface area contributed by atoms with Gasteiger partial charge in [-0.15, -0.1) is 0 Å². The van der Waals surface area contributed by atoms with Crippen LogP contribution >= 0.6 is 0 Å². The average molecular weight is 184 g/mol. The Kier molecular flexibility index (Phi) is 2.04. The first-order valence-electron chi connectivity index (χ1n) is 4.79. The minimum absolute atomic E-state index is 0.166. The molecule has 2 fully saturated rings. The Balaban J connectivity index is 1.93. The van der Waals surface area contributed by atoms with Crippen molar-refractivity contribution in [2.24, 2.45) is 5.73 Å². The second kappa shape index (κ2) is 2.96. The molecule has 1 aliphatic heterocycles. The molecule has 0 bridgehead atoms. The molecule has 0 aromatic heterocycles. The topological polar surface area (TPSA) is 55.6 Å². The lowest BCUT2D eigenvalue weighted by molar-refractivity contribution is -0.150. The van der Waals surface area contributed by atoms with Crippen molar-refractivity contribution in [3.8, 4) is 0 Å². The zero-order valence-electron chi connectivity index (χ0n) is 7.95. The summed E-state index contributed by atoms with van der Waals surface area (Å²) >= 11 is 0. The molecule has 1 saturated carbocycles. The number of rotatable bonds is 2. The van der Waals surface area contributed by atoms with E-state index in [1.807, 2.05) is 7.05 Å². The minimum Gasteiger partial charge on any atom is -0.461 e. The second-order valence-electron chi connectivity index (χ2n) is 4.25. The monoisotopic (exact) mass is 184 g/mol. The Morgan fingerprint density at radius 3 is 2.77 bits per heavy atom. The van der Waals surface area contributed by atoms with Crippen LogP contribution in [0.3, 0.4) is 0 Å². The molecule has 0 aromatic carbocycles. The number of likely N-dealkylation sites (N-methyl/N-ethyl adjacent to an activating group) is 1. The standard InChI is InChI=1S/C9H16N2O2/c1-11-5-4-9(10,6-11)8(12)13-7-2-3-7/h7H,2-6,10H2,1H3. The highest BCUT2D eigenvalue weighted by molar-refractivity contribution is 5.81. The molecule has 1 atom stereocenters. The van der Waals surface area contributed by atoms with Gasteiger partial charge in [-0.05, 0) is 26.3 Å². The lowest BCUT2D eigenvalue weighted by Gasteiger charge is -2.21. The predicted octanol–water partition coefficient (Wildman–Crippen LogP) is -0.275. The van der Waals surface area contributed by atoms with Gasteiger partial charge in [0, 0.05) is 13.1 Å². The fourth-order valence-electron chi connectivity index (χ4n) is 1.65. The number of hydrogen-bond acceptors (Lipinski definition) is 4. The molecule has 1 unspecified atom stereocenters. The number of ether oxygens (including phenoxy) is 1. The van der Waals surface area contributed by atoms with Crippen molar-refractivity contribution in [2.45, 2.75) is 30.9 Å². The van der Waals surface area contributed by atoms with E-state index in [0.717, 1.165) is 25.8 Å². The fraction of sp³-hybridized carbons (Fsp3) is 0.889. The summed E-state index contributed by atoms with van der Waals surface area (Å²) < 4.78 is 5.21. The van der Waals surface area contributed by atoms with Gasteiger partial charge in [-0.25, -0.2) is 4.79 Å². The first kappa shape index (κ1) is 8.97. The molecule has 4 heteroatoms. The summed E-state index contributed by atoms with van der Waals surface area (Å²) in [7, 11) is 1.97. The molecule has 1 saturated heterocycles. The van der Waals surface area contributed by atoms with Crippen molar-refractivity contribution < 1.29 is 9.53 Å². The van der Waals surface area contributed by atoms with Crippen molar-refractivity contribution >= 4 is 5.97 Å². The SMILES string of the molecule is CN1CCC(N)(C(=O)OC2CC2)C1. The third-order valence-corrected chi connectivity index (χ3v) is 2.70. The van der Waals surface area contributed by atoms with Crippen LogP contribution in [0.1, 0.15) is 19.3 Å². The molecule has 1 aliphatic carbocycles. The number of esters is 1. The zero-order valence-corrected chi connectivity index (χ0v) is 7.95. The number of nitrogens with two attached hydrogens (primary N) is 1. The highest BCUT2D eigenvalue weighted by Crippen LogP contribution is 2.27. The highest BCUT2D eigenvalue weighted by atomic mass is 16.6. The van der Waals surface area contributed by atoms with E-state index >= 15 is 0 Å². The van der Waals surface area contributed by atoms with E-state index < -0.39 is 5.54 Å². The number of likely N-dealkylation sites (tertiary alicyclic amines) is 1. The Bertz CT molecular complexity index is 228. The van der Waals surface area contributed by atoms with E-state index in [1.54, 1.807) is 0 Å². The first-order chi connectivity index (χ1) is 6.10. The largest absolute Gasteiger partial charge is 0.461 e. The summed E-state index contributed by atoms with van der Waals surface area (Å²) in [5.74, 6) is -0.209. The quantitative estimate of drug-likeness (QED) is 0.600. The lowest BCUT2D eigenvalue weighted by atomic mass is 10.0. The Labute approximate surface area is 78.0 Å². The number of nitrogens with zero attached hydrogens (tertiary/aromatic N) is 1. The second-order valence-corrected chi connectivity index (χ2v) is 4.25. The molecule has 0 spiro atoms. The maximum absolute atomic E-state index is 11.6. The fourth-order valence-corrected chi connectivity index (χ4v) is 1.65. The number of carbonyl (C=O) groups excluding carboxylic acids is 1. The minimum atomic E-state index is -0.739. The van der Waals surface area contributed by atoms with Crippen molar-refractivity contribution in [1.29, 1.82) is 0 Å². The van der Waals surface area contributed by atoms with Gasteiger partial charge in [0.2, 0.25) is 0 Å². The van der Waals surface area contributed by atoms with E-state index in [4.69, 9.17) is 10.5 Å². The van der Waals surface area contributed by atoms with Crippen LogP contribution in [0, 0.1) is 0 Å². The van der Waals surface area contributed by atoms with Gasteiger partial charge >= 0.3 is 5.97 Å². The summed E-state index contributed by atoms with van der Waals surface area (Å²) in [6.45, 7) is 1.51. The van der Waals surface area contributed by atoms with E-state index in [1.165, 1.54) is 0 Å². The molecule has 4 nitrogen and oxygen atoms in total. The normalized spacial score (nSPS) is 34.9. The van der Waals surface area contributed by atoms with Crippen LogP contribution in [0.5, 0.6) is 0 Å². The van der Waals surface area contributed by atoms with Crippen molar-refractivity contribution in [3.05, 3.63) is 0 Å². The molecular formula is C9H16N2O2. The van der Waals surface area contributed by atoms with Crippen LogP contribution < -0.4 is 5.73 Å². The predicted molar refractivity (Wildman–Crippen MR) is 48.1 cm³/mol. The number of carbonyl (C=O) groups is 1. The Morgan fingerprint density at radius 2 is 2.31 bits per heavy atom. The van der Waals surface area contributed by atoms with Gasteiger partial charge in [0.25, 0.3) is 0 Å². The zero-order chi connectivity index (χ0) is 9.47. The first-order valence-corrected chi connectivity index (χ1v) is 4.79. The molecule has 74 valence electrons. The summed E-state index contributed by atoms with van der Waals surface area (Å²) in [5.41, 5.74) is 5.21. The highest BCUT2D eigenvalue weighted by Gasteiger charge is 2.43. The molecule has 13 heavy (non-hydrogen) atoms. The molecular weight excluding hydrogens is 168 g/mol. The summed E-state index contributed by atoms with van der Waals surface area (Å²) in [6.07, 6.45) is 2.91. The van der Waals surface area contributed by atoms with Gasteiger partial charge < -0.3 is 15.4 Å². The van der Waals surface area contributed by atoms with E-state index in [9.17, 15) is 4.79 Å². The van der Waals surface area contributed by atoms with Crippen molar-refractivity contribution in [2.75, 3.05) is 20.1 Å². The Morgan fingerprint density at radius 1 is 1.62 bits per heavy atom. The Hall–Kier alpha value is -0.610. The summed E-state index contributed by atoms with van der Waals surface area (Å²) in [6, 6.07) is 0. The van der Waals surface area contributed by atoms with Gasteiger partial charge in [0.05, 0.1) is 0 Å². The molecule has 1 heterocycles. The molecule has 0 aromatic rings. The number of hydrogen-bond donors (Lipinski definition) is 1. The lowest BCUT2D eigenvalue weighted by Crippen LogP contribution is -2.51. The van der Waals surface area contributed by atoms with Crippen molar-refractivity contribution in [1.82, 2.24) is 4.90 Å². The van der Waals surface area contributed by atoms with Gasteiger partial charge in [0.15, 0.2) is 0 Å². The van der Waals surface area contributed by atoms with Crippen LogP contribution in [0.25, 0.3) is 0 Å². The van der Waals surface area contributed by atoms with Crippen LogP contribution in [-0.4, -0.2) is 42.6 Å². The van der Waals surface area contributed by atoms with E-state index in [-0.39, 0.29) is 12.1 Å². The van der Waals surface area contributed by atoms with Crippen LogP contribution in [0.4, 0.5) is 0 Å². The summed E-state index contributed by atoms with van der Waals surface area (Å²) in [5, 5.41) is 0. The average Bonchev–Trinajstić information content (AvgIpc) is 2.79. The molecule has 2 rings (SSSR count). The smallest absolute Gasteiger partial charge is 0.327 e. The van der Waals surface area contributed by atoms with Crippen molar-refractivity contribution in [3.63, 3.8) is 0 Å². The van der Waals surface area contributed by atoms with Gasteiger partial charge in [-0.1, -0.05) is 0 Å². The van der Waals surface area contributed by atoms with E-state index in [0.29, 0.717) is 6.54 Å². The van der Waals surface area contributed by atoms with Crippen LogP contribution in [-0.2, 0) is 9.53 Å². The van der Waals surface area contributed by atoms with Gasteiger partial charge in [0.1, 0.15) is 11.6 Å². The molecule has 2 aliphatic rings. The molecule has 2 N–H and O–H groups in total. The van der Waals surface area contributed by atoms with Crippen LogP contribution in [0.15, 0.2) is 0 Å². The molecule has 0 amide bonds. The van der Waals surface area contributed by atoms with Gasteiger partial charge in [-0.2, -0.15) is 0 Å². The van der Waals surface area contributed by atoms with E-state index in [2.05, 4.69) is 4.90 Å². The third-order valence-electron chi connectivity index (χ3n) is 2.70. The maximum Gasteiger partial charge on any atom is 0.327 e. The van der Waals surface area contributed by atoms with Gasteiger partial charge in [-0.3, -0.25) is 0 Å². The van der Waals surface area contributed by atoms with Crippen LogP contribution in [0.2, 0.25) is 0 Å². The maximum atomic E-state index is 11.6. The third kappa shape index (κ3) is 1.84.